The smallest absolute Gasteiger partial charge is 0.249 e. The van der Waals surface area contributed by atoms with Gasteiger partial charge in [-0.15, -0.1) is 0 Å². The molecule has 0 aliphatic heterocycles. The van der Waals surface area contributed by atoms with Crippen LogP contribution in [0.25, 0.3) is 0 Å². The summed E-state index contributed by atoms with van der Waals surface area (Å²) in [4.78, 5) is 10.9. The minimum atomic E-state index is -0.943. The predicted octanol–water partition coefficient (Wildman–Crippen LogP) is 2.11. The van der Waals surface area contributed by atoms with Gasteiger partial charge in [0.05, 0.1) is 0 Å². The maximum atomic E-state index is 10.9. The Bertz CT molecular complexity index is 284. The van der Waals surface area contributed by atoms with E-state index >= 15 is 0 Å². The Morgan fingerprint density at radius 1 is 1.25 bits per heavy atom. The van der Waals surface area contributed by atoms with E-state index in [0.29, 0.717) is 0 Å². The lowest BCUT2D eigenvalue weighted by atomic mass is 10.1. The van der Waals surface area contributed by atoms with Gasteiger partial charge in [-0.3, -0.25) is 4.79 Å². The minimum Gasteiger partial charge on any atom is -0.367 e. The van der Waals surface area contributed by atoms with Crippen LogP contribution in [-0.2, 0) is 8.03 Å². The lowest BCUT2D eigenvalue weighted by molar-refractivity contribution is -0.118. The molecule has 12 heavy (non-hydrogen) atoms. The predicted molar refractivity (Wildman–Crippen MR) is 55.2 cm³/mol. The van der Waals surface area contributed by atoms with Crippen molar-refractivity contribution in [1.82, 2.24) is 0 Å². The molecule has 1 aromatic rings. The number of hydrogen-bond donors (Lipinski definition) is 1. The number of nitrogens with two attached hydrogens (primary N) is 1. The molecule has 0 aromatic heterocycles. The van der Waals surface area contributed by atoms with Gasteiger partial charge in [0.15, 0.2) is 3.23 Å². The van der Waals surface area contributed by atoms with E-state index in [1.54, 1.807) is 0 Å². The highest BCUT2D eigenvalue weighted by atomic mass is 79.9. The van der Waals surface area contributed by atoms with Crippen molar-refractivity contribution in [3.8, 4) is 0 Å². The quantitative estimate of drug-likeness (QED) is 0.834. The van der Waals surface area contributed by atoms with Crippen molar-refractivity contribution in [3.63, 3.8) is 0 Å². The van der Waals surface area contributed by atoms with Crippen molar-refractivity contribution in [1.29, 1.82) is 0 Å². The van der Waals surface area contributed by atoms with Crippen molar-refractivity contribution >= 4 is 37.8 Å². The number of rotatable bonds is 2. The molecule has 4 heteroatoms. The van der Waals surface area contributed by atoms with Crippen molar-refractivity contribution < 1.29 is 4.79 Å². The van der Waals surface area contributed by atoms with Crippen molar-refractivity contribution in [2.75, 3.05) is 0 Å². The van der Waals surface area contributed by atoms with Crippen LogP contribution >= 0.6 is 31.9 Å². The largest absolute Gasteiger partial charge is 0.367 e. The molecule has 64 valence electrons. The van der Waals surface area contributed by atoms with Crippen LogP contribution in [0.3, 0.4) is 0 Å². The van der Waals surface area contributed by atoms with Crippen LogP contribution in [0.4, 0.5) is 0 Å². The monoisotopic (exact) mass is 291 g/mol. The van der Waals surface area contributed by atoms with Gasteiger partial charge in [0.1, 0.15) is 0 Å². The topological polar surface area (TPSA) is 43.1 Å². The Labute approximate surface area is 87.4 Å². The Hall–Kier alpha value is -0.350. The fourth-order valence-electron chi connectivity index (χ4n) is 0.790. The first kappa shape index (κ1) is 9.74. The maximum absolute atomic E-state index is 10.9. The van der Waals surface area contributed by atoms with E-state index in [0.717, 1.165) is 5.56 Å². The molecular formula is C8H7Br2NO. The van der Waals surface area contributed by atoms with Gasteiger partial charge in [-0.2, -0.15) is 0 Å². The summed E-state index contributed by atoms with van der Waals surface area (Å²) < 4.78 is -0.943. The van der Waals surface area contributed by atoms with E-state index in [2.05, 4.69) is 31.9 Å². The van der Waals surface area contributed by atoms with Crippen LogP contribution in [0.1, 0.15) is 5.56 Å². The number of carbonyl (C=O) groups is 1. The molecule has 0 bridgehead atoms. The van der Waals surface area contributed by atoms with E-state index < -0.39 is 9.14 Å². The zero-order valence-corrected chi connectivity index (χ0v) is 9.30. The third-order valence-electron chi connectivity index (χ3n) is 1.45. The number of hydrogen-bond acceptors (Lipinski definition) is 1. The molecule has 0 saturated heterocycles. The van der Waals surface area contributed by atoms with Crippen LogP contribution in [0.15, 0.2) is 30.3 Å². The van der Waals surface area contributed by atoms with Gasteiger partial charge in [0, 0.05) is 0 Å². The molecule has 0 heterocycles. The number of carbonyl (C=O) groups excluding carboxylic acids is 1. The summed E-state index contributed by atoms with van der Waals surface area (Å²) in [6, 6.07) is 9.19. The third kappa shape index (κ3) is 1.87. The Kier molecular flexibility index (Phi) is 2.90. The Morgan fingerprint density at radius 2 is 1.75 bits per heavy atom. The van der Waals surface area contributed by atoms with E-state index in [9.17, 15) is 4.79 Å². The van der Waals surface area contributed by atoms with Crippen LogP contribution in [0.5, 0.6) is 0 Å². The highest BCUT2D eigenvalue weighted by molar-refractivity contribution is 9.25. The molecule has 0 unspecified atom stereocenters. The number of benzene rings is 1. The second-order valence-corrected chi connectivity index (χ2v) is 5.75. The first-order valence-electron chi connectivity index (χ1n) is 3.28. The maximum Gasteiger partial charge on any atom is 0.249 e. The highest BCUT2D eigenvalue weighted by Crippen LogP contribution is 2.37. The van der Waals surface area contributed by atoms with Gasteiger partial charge in [-0.05, 0) is 5.56 Å². The molecule has 2 N–H and O–H groups in total. The summed E-state index contributed by atoms with van der Waals surface area (Å²) in [5.41, 5.74) is 5.96. The summed E-state index contributed by atoms with van der Waals surface area (Å²) in [6.45, 7) is 0. The molecule has 1 amide bonds. The Morgan fingerprint density at radius 3 is 2.17 bits per heavy atom. The van der Waals surface area contributed by atoms with E-state index in [1.165, 1.54) is 0 Å². The van der Waals surface area contributed by atoms with E-state index in [1.807, 2.05) is 30.3 Å². The molecule has 0 atom stereocenters. The molecule has 0 spiro atoms. The molecule has 0 aliphatic rings. The van der Waals surface area contributed by atoms with Gasteiger partial charge >= 0.3 is 0 Å². The minimum absolute atomic E-state index is 0.464. The average Bonchev–Trinajstić information content (AvgIpc) is 2.06. The molecule has 0 radical (unpaired) electrons. The lowest BCUT2D eigenvalue weighted by Gasteiger charge is -2.15. The fourth-order valence-corrected chi connectivity index (χ4v) is 1.32. The van der Waals surface area contributed by atoms with Gasteiger partial charge in [-0.25, -0.2) is 0 Å². The summed E-state index contributed by atoms with van der Waals surface area (Å²) in [5.74, 6) is -0.464. The zero-order valence-electron chi connectivity index (χ0n) is 6.13. The van der Waals surface area contributed by atoms with Gasteiger partial charge in [0.2, 0.25) is 5.91 Å². The summed E-state index contributed by atoms with van der Waals surface area (Å²) in [5, 5.41) is 0. The Balaban J connectivity index is 3.06. The molecular weight excluding hydrogens is 286 g/mol. The van der Waals surface area contributed by atoms with E-state index in [4.69, 9.17) is 5.73 Å². The number of amides is 1. The first-order chi connectivity index (χ1) is 5.55. The summed E-state index contributed by atoms with van der Waals surface area (Å²) in [6.07, 6.45) is 0. The standard InChI is InChI=1S/C8H7Br2NO/c9-8(10,7(11)12)6-4-2-1-3-5-6/h1-5H,(H2,11,12). The normalized spacial score (nSPS) is 11.2. The van der Waals surface area contributed by atoms with Crippen LogP contribution in [0.2, 0.25) is 0 Å². The molecule has 2 nitrogen and oxygen atoms in total. The molecule has 1 rings (SSSR count). The number of primary amides is 1. The third-order valence-corrected chi connectivity index (χ3v) is 3.14. The van der Waals surface area contributed by atoms with Crippen molar-refractivity contribution in [3.05, 3.63) is 35.9 Å². The summed E-state index contributed by atoms with van der Waals surface area (Å²) in [7, 11) is 0. The van der Waals surface area contributed by atoms with Crippen LogP contribution < -0.4 is 5.73 Å². The van der Waals surface area contributed by atoms with Crippen molar-refractivity contribution in [2.24, 2.45) is 5.73 Å². The lowest BCUT2D eigenvalue weighted by Crippen LogP contribution is -2.29. The second-order valence-electron chi connectivity index (χ2n) is 2.30. The van der Waals surface area contributed by atoms with Crippen molar-refractivity contribution in [2.45, 2.75) is 3.23 Å². The highest BCUT2D eigenvalue weighted by Gasteiger charge is 2.31. The fraction of sp³-hybridized carbons (Fsp3) is 0.125. The van der Waals surface area contributed by atoms with E-state index in [-0.39, 0.29) is 0 Å². The second kappa shape index (κ2) is 3.58. The SMILES string of the molecule is NC(=O)C(Br)(Br)c1ccccc1. The molecule has 1 aromatic carbocycles. The van der Waals surface area contributed by atoms with Crippen LogP contribution in [0, 0.1) is 0 Å². The van der Waals surface area contributed by atoms with Gasteiger partial charge in [0.25, 0.3) is 0 Å². The number of alkyl halides is 2. The molecule has 0 saturated carbocycles. The summed E-state index contributed by atoms with van der Waals surface area (Å²) >= 11 is 6.39. The molecule has 0 aliphatic carbocycles. The van der Waals surface area contributed by atoms with Crippen LogP contribution in [-0.4, -0.2) is 5.91 Å². The first-order valence-corrected chi connectivity index (χ1v) is 4.87. The van der Waals surface area contributed by atoms with Gasteiger partial charge in [-0.1, -0.05) is 62.2 Å². The average molecular weight is 293 g/mol. The number of halogens is 2. The molecule has 0 fully saturated rings. The zero-order chi connectivity index (χ0) is 9.19. The van der Waals surface area contributed by atoms with Gasteiger partial charge < -0.3 is 5.73 Å².